The van der Waals surface area contributed by atoms with Crippen LogP contribution in [0.25, 0.3) is 5.69 Å². The number of methoxy groups -OCH3 is 1. The van der Waals surface area contributed by atoms with Crippen LogP contribution in [-0.2, 0) is 14.3 Å². The number of hydrogen-bond donors (Lipinski definition) is 0. The Morgan fingerprint density at radius 3 is 2.93 bits per heavy atom. The van der Waals surface area contributed by atoms with Gasteiger partial charge in [-0.15, -0.1) is 5.10 Å². The van der Waals surface area contributed by atoms with Gasteiger partial charge in [-0.05, 0) is 54.0 Å². The second kappa shape index (κ2) is 9.24. The summed E-state index contributed by atoms with van der Waals surface area (Å²) in [5.74, 6) is 0.640. The number of esters is 1. The van der Waals surface area contributed by atoms with E-state index in [0.717, 1.165) is 17.9 Å². The van der Waals surface area contributed by atoms with Gasteiger partial charge in [-0.1, -0.05) is 29.6 Å². The molecule has 0 radical (unpaired) electrons. The Bertz CT molecular complexity index is 912. The Kier molecular flexibility index (Phi) is 6.74. The van der Waals surface area contributed by atoms with Crippen molar-refractivity contribution in [1.82, 2.24) is 25.1 Å². The summed E-state index contributed by atoms with van der Waals surface area (Å²) in [6, 6.07) is 6.10. The number of nitrogens with zero attached hydrogens (tertiary/aromatic N) is 5. The minimum absolute atomic E-state index is 0.00474. The van der Waals surface area contributed by atoms with Crippen molar-refractivity contribution in [3.8, 4) is 5.69 Å². The number of thioether (sulfide) groups is 2. The van der Waals surface area contributed by atoms with Crippen LogP contribution < -0.4 is 0 Å². The number of aryl methyl sites for hydroxylation is 2. The van der Waals surface area contributed by atoms with Crippen molar-refractivity contribution in [2.24, 2.45) is 0 Å². The average Bonchev–Trinajstić information content (AvgIpc) is 3.28. The zero-order valence-electron chi connectivity index (χ0n) is 15.9. The van der Waals surface area contributed by atoms with E-state index in [0.29, 0.717) is 22.5 Å². The van der Waals surface area contributed by atoms with Gasteiger partial charge < -0.3 is 9.64 Å². The molecule has 1 saturated heterocycles. The number of carbonyl (C=O) groups is 2. The monoisotopic (exact) mass is 419 g/mol. The van der Waals surface area contributed by atoms with Gasteiger partial charge in [-0.25, -0.2) is 4.79 Å². The smallest absolute Gasteiger partial charge is 0.333 e. The molecular weight excluding hydrogens is 398 g/mol. The molecule has 0 aliphatic carbocycles. The molecule has 2 heterocycles. The quantitative estimate of drug-likeness (QED) is 0.292. The molecule has 3 rings (SSSR count). The largest absolute Gasteiger partial charge is 0.466 e. The van der Waals surface area contributed by atoms with Crippen molar-refractivity contribution in [2.45, 2.75) is 25.4 Å². The molecule has 1 aromatic carbocycles. The molecule has 1 aliphatic rings. The van der Waals surface area contributed by atoms with Gasteiger partial charge in [0.25, 0.3) is 0 Å². The highest BCUT2D eigenvalue weighted by molar-refractivity contribution is 8.04. The zero-order valence-corrected chi connectivity index (χ0v) is 17.5. The van der Waals surface area contributed by atoms with Crippen LogP contribution in [0.1, 0.15) is 17.5 Å². The summed E-state index contributed by atoms with van der Waals surface area (Å²) < 4.78 is 6.36. The minimum atomic E-state index is -0.454. The van der Waals surface area contributed by atoms with Crippen LogP contribution in [-0.4, -0.2) is 62.1 Å². The van der Waals surface area contributed by atoms with Gasteiger partial charge in [-0.2, -0.15) is 4.68 Å². The molecule has 2 aromatic rings. The number of hydrogen-bond acceptors (Lipinski definition) is 8. The first-order valence-electron chi connectivity index (χ1n) is 8.71. The van der Waals surface area contributed by atoms with Gasteiger partial charge in [0, 0.05) is 12.3 Å². The normalized spacial score (nSPS) is 15.5. The Balaban J connectivity index is 1.58. The third-order valence-corrected chi connectivity index (χ3v) is 6.32. The van der Waals surface area contributed by atoms with E-state index in [1.807, 2.05) is 12.1 Å². The maximum Gasteiger partial charge on any atom is 0.333 e. The summed E-state index contributed by atoms with van der Waals surface area (Å²) >= 11 is 2.89. The lowest BCUT2D eigenvalue weighted by Crippen LogP contribution is -2.26. The average molecular weight is 420 g/mol. The van der Waals surface area contributed by atoms with Gasteiger partial charge in [0.2, 0.25) is 11.1 Å². The van der Waals surface area contributed by atoms with E-state index < -0.39 is 5.97 Å². The Morgan fingerprint density at radius 1 is 1.36 bits per heavy atom. The first-order valence-corrected chi connectivity index (χ1v) is 10.7. The number of benzene rings is 1. The van der Waals surface area contributed by atoms with Crippen LogP contribution in [0.2, 0.25) is 0 Å². The second-order valence-electron chi connectivity index (χ2n) is 6.18. The molecule has 0 spiro atoms. The number of carbonyl (C=O) groups excluding carboxylic acids is 2. The lowest BCUT2D eigenvalue weighted by Gasteiger charge is -2.16. The van der Waals surface area contributed by atoms with Crippen LogP contribution >= 0.6 is 23.5 Å². The van der Waals surface area contributed by atoms with E-state index in [-0.39, 0.29) is 5.91 Å². The molecule has 0 atom stereocenters. The summed E-state index contributed by atoms with van der Waals surface area (Å²) in [4.78, 5) is 25.1. The van der Waals surface area contributed by atoms with Gasteiger partial charge in [0.1, 0.15) is 0 Å². The number of rotatable bonds is 7. The standard InChI is InChI=1S/C18H21N5O3S2/c1-12-5-6-14(9-13(12)2)23-18(19-20-21-23)27-8-4-7-22-15(24)11-28-16(22)10-17(25)26-3/h5-6,9-10H,4,7-8,11H2,1-3H3/b16-10+. The van der Waals surface area contributed by atoms with Crippen molar-refractivity contribution in [2.75, 3.05) is 25.2 Å². The lowest BCUT2D eigenvalue weighted by molar-refractivity contribution is -0.134. The topological polar surface area (TPSA) is 90.2 Å². The molecule has 0 unspecified atom stereocenters. The molecule has 0 N–H and O–H groups in total. The molecule has 0 saturated carbocycles. The molecule has 148 valence electrons. The van der Waals surface area contributed by atoms with Crippen LogP contribution in [0.15, 0.2) is 34.5 Å². The fourth-order valence-electron chi connectivity index (χ4n) is 2.60. The molecule has 0 bridgehead atoms. The molecule has 28 heavy (non-hydrogen) atoms. The van der Waals surface area contributed by atoms with E-state index in [9.17, 15) is 9.59 Å². The fourth-order valence-corrected chi connectivity index (χ4v) is 4.37. The molecular formula is C18H21N5O3S2. The number of tetrazole rings is 1. The third kappa shape index (κ3) is 4.74. The predicted molar refractivity (Wildman–Crippen MR) is 108 cm³/mol. The summed E-state index contributed by atoms with van der Waals surface area (Å²) in [5, 5.41) is 13.3. The van der Waals surface area contributed by atoms with E-state index in [1.54, 1.807) is 9.58 Å². The molecule has 8 nitrogen and oxygen atoms in total. The lowest BCUT2D eigenvalue weighted by atomic mass is 10.1. The van der Waals surface area contributed by atoms with Crippen molar-refractivity contribution >= 4 is 35.4 Å². The van der Waals surface area contributed by atoms with Crippen molar-refractivity contribution in [3.63, 3.8) is 0 Å². The summed E-state index contributed by atoms with van der Waals surface area (Å²) in [6.07, 6.45) is 2.11. The van der Waals surface area contributed by atoms with Crippen LogP contribution in [0.3, 0.4) is 0 Å². The van der Waals surface area contributed by atoms with Crippen LogP contribution in [0.5, 0.6) is 0 Å². The first-order chi connectivity index (χ1) is 13.5. The van der Waals surface area contributed by atoms with E-state index in [1.165, 1.54) is 47.8 Å². The van der Waals surface area contributed by atoms with E-state index in [4.69, 9.17) is 0 Å². The second-order valence-corrected chi connectivity index (χ2v) is 8.24. The number of amides is 1. The summed E-state index contributed by atoms with van der Waals surface area (Å²) in [6.45, 7) is 4.66. The minimum Gasteiger partial charge on any atom is -0.466 e. The fraction of sp³-hybridized carbons (Fsp3) is 0.389. The Hall–Kier alpha value is -2.33. The van der Waals surface area contributed by atoms with Crippen molar-refractivity contribution < 1.29 is 14.3 Å². The molecule has 1 fully saturated rings. The highest BCUT2D eigenvalue weighted by Crippen LogP contribution is 2.29. The maximum absolute atomic E-state index is 12.0. The Labute approximate surface area is 171 Å². The summed E-state index contributed by atoms with van der Waals surface area (Å²) in [7, 11) is 1.32. The highest BCUT2D eigenvalue weighted by atomic mass is 32.2. The van der Waals surface area contributed by atoms with Gasteiger partial charge in [0.15, 0.2) is 0 Å². The van der Waals surface area contributed by atoms with Gasteiger partial charge >= 0.3 is 5.97 Å². The number of ether oxygens (including phenoxy) is 1. The number of aromatic nitrogens is 4. The molecule has 1 amide bonds. The molecule has 1 aromatic heterocycles. The molecule has 10 heteroatoms. The highest BCUT2D eigenvalue weighted by Gasteiger charge is 2.27. The van der Waals surface area contributed by atoms with Gasteiger partial charge in [-0.3, -0.25) is 4.79 Å². The summed E-state index contributed by atoms with van der Waals surface area (Å²) in [5.41, 5.74) is 3.32. The Morgan fingerprint density at radius 2 is 2.18 bits per heavy atom. The maximum atomic E-state index is 12.0. The van der Waals surface area contributed by atoms with Gasteiger partial charge in [0.05, 0.1) is 29.7 Å². The van der Waals surface area contributed by atoms with Crippen LogP contribution in [0, 0.1) is 13.8 Å². The SMILES string of the molecule is COC(=O)/C=C1/SCC(=O)N1CCCSc1nnnn1-c1ccc(C)c(C)c1. The van der Waals surface area contributed by atoms with Crippen LogP contribution in [0.4, 0.5) is 0 Å². The van der Waals surface area contributed by atoms with Crippen molar-refractivity contribution in [1.29, 1.82) is 0 Å². The third-order valence-electron chi connectivity index (χ3n) is 4.29. The first kappa shape index (κ1) is 20.4. The van der Waals surface area contributed by atoms with Crippen molar-refractivity contribution in [3.05, 3.63) is 40.4 Å². The predicted octanol–water partition coefficient (Wildman–Crippen LogP) is 2.35. The van der Waals surface area contributed by atoms with E-state index in [2.05, 4.69) is 40.2 Å². The zero-order chi connectivity index (χ0) is 20.1. The molecule has 1 aliphatic heterocycles. The van der Waals surface area contributed by atoms with E-state index >= 15 is 0 Å².